The Morgan fingerprint density at radius 3 is 2.89 bits per heavy atom. The number of thiophene rings is 1. The quantitative estimate of drug-likeness (QED) is 0.783. The molecule has 0 aromatic carbocycles. The number of aromatic nitrogens is 1. The Hall–Kier alpha value is -1.86. The molecule has 1 aliphatic rings. The van der Waals surface area contributed by atoms with E-state index in [2.05, 4.69) is 46.6 Å². The predicted molar refractivity (Wildman–Crippen MR) is 73.3 cm³/mol. The Labute approximate surface area is 110 Å². The molecule has 0 amide bonds. The molecule has 3 heterocycles. The summed E-state index contributed by atoms with van der Waals surface area (Å²) in [5, 5.41) is 13.2. The fourth-order valence-corrected chi connectivity index (χ4v) is 3.07. The first-order valence-corrected chi connectivity index (χ1v) is 6.77. The van der Waals surface area contributed by atoms with Gasteiger partial charge in [0.15, 0.2) is 0 Å². The van der Waals surface area contributed by atoms with Crippen LogP contribution in [0.1, 0.15) is 25.2 Å². The summed E-state index contributed by atoms with van der Waals surface area (Å²) in [7, 11) is 0. The standard InChI is InChI=1S/C14H13N3S/c1-14(2)9-17(11-5-6-18-8-11)12-4-3-10(7-15)16-13(12)14/h3-6,8H,9H2,1-2H3. The normalized spacial score (nSPS) is 16.4. The average molecular weight is 255 g/mol. The number of nitriles is 1. The fraction of sp³-hybridized carbons (Fsp3) is 0.286. The zero-order chi connectivity index (χ0) is 12.8. The summed E-state index contributed by atoms with van der Waals surface area (Å²) in [5.74, 6) is 0. The molecule has 0 unspecified atom stereocenters. The molecule has 0 aliphatic carbocycles. The second kappa shape index (κ2) is 3.82. The van der Waals surface area contributed by atoms with Crippen LogP contribution in [0.15, 0.2) is 29.0 Å². The third-order valence-electron chi connectivity index (χ3n) is 3.29. The largest absolute Gasteiger partial charge is 0.338 e. The Kier molecular flexibility index (Phi) is 2.39. The van der Waals surface area contributed by atoms with Crippen molar-refractivity contribution in [1.29, 1.82) is 5.26 Å². The number of hydrogen-bond acceptors (Lipinski definition) is 4. The SMILES string of the molecule is CC1(C)CN(c2ccsc2)c2ccc(C#N)nc21. The maximum absolute atomic E-state index is 8.96. The lowest BCUT2D eigenvalue weighted by atomic mass is 9.91. The molecule has 2 aromatic heterocycles. The highest BCUT2D eigenvalue weighted by Gasteiger charge is 2.37. The zero-order valence-electron chi connectivity index (χ0n) is 10.3. The molecule has 0 spiro atoms. The van der Waals surface area contributed by atoms with Crippen LogP contribution in [-0.4, -0.2) is 11.5 Å². The summed E-state index contributed by atoms with van der Waals surface area (Å²) in [4.78, 5) is 6.76. The van der Waals surface area contributed by atoms with E-state index in [0.29, 0.717) is 5.69 Å². The van der Waals surface area contributed by atoms with E-state index in [1.165, 1.54) is 5.69 Å². The molecule has 0 N–H and O–H groups in total. The third kappa shape index (κ3) is 1.59. The number of nitrogens with zero attached hydrogens (tertiary/aromatic N) is 3. The minimum absolute atomic E-state index is 0.0237. The Bertz CT molecular complexity index is 623. The molecule has 0 bridgehead atoms. The van der Waals surface area contributed by atoms with Crippen LogP contribution in [0.25, 0.3) is 0 Å². The maximum atomic E-state index is 8.96. The zero-order valence-corrected chi connectivity index (χ0v) is 11.2. The molecule has 0 atom stereocenters. The molecule has 3 nitrogen and oxygen atoms in total. The minimum atomic E-state index is -0.0237. The first-order valence-electron chi connectivity index (χ1n) is 5.83. The van der Waals surface area contributed by atoms with Crippen molar-refractivity contribution in [3.63, 3.8) is 0 Å². The van der Waals surface area contributed by atoms with Gasteiger partial charge in [0.25, 0.3) is 0 Å². The summed E-state index contributed by atoms with van der Waals surface area (Å²) in [6, 6.07) is 8.03. The van der Waals surface area contributed by atoms with Gasteiger partial charge < -0.3 is 4.90 Å². The predicted octanol–water partition coefficient (Wildman–Crippen LogP) is 3.44. The van der Waals surface area contributed by atoms with Gasteiger partial charge in [-0.05, 0) is 23.6 Å². The van der Waals surface area contributed by atoms with Crippen LogP contribution in [0.2, 0.25) is 0 Å². The molecule has 3 rings (SSSR count). The van der Waals surface area contributed by atoms with Crippen LogP contribution in [0, 0.1) is 11.3 Å². The summed E-state index contributed by atoms with van der Waals surface area (Å²) < 4.78 is 0. The molecule has 4 heteroatoms. The third-order valence-corrected chi connectivity index (χ3v) is 3.96. The molecule has 0 saturated heterocycles. The minimum Gasteiger partial charge on any atom is -0.338 e. The van der Waals surface area contributed by atoms with Gasteiger partial charge in [-0.15, -0.1) is 0 Å². The van der Waals surface area contributed by atoms with Crippen LogP contribution in [0.3, 0.4) is 0 Å². The lowest BCUT2D eigenvalue weighted by Crippen LogP contribution is -2.25. The summed E-state index contributed by atoms with van der Waals surface area (Å²) >= 11 is 1.69. The second-order valence-corrected chi connectivity index (χ2v) is 5.91. The van der Waals surface area contributed by atoms with Crippen molar-refractivity contribution in [2.24, 2.45) is 0 Å². The summed E-state index contributed by atoms with van der Waals surface area (Å²) in [6.07, 6.45) is 0. The number of pyridine rings is 1. The van der Waals surface area contributed by atoms with E-state index in [0.717, 1.165) is 17.9 Å². The topological polar surface area (TPSA) is 39.9 Å². The Morgan fingerprint density at radius 1 is 1.39 bits per heavy atom. The number of anilines is 2. The highest BCUT2D eigenvalue weighted by Crippen LogP contribution is 2.43. The summed E-state index contributed by atoms with van der Waals surface area (Å²) in [6.45, 7) is 5.25. The second-order valence-electron chi connectivity index (χ2n) is 5.13. The van der Waals surface area contributed by atoms with Crippen LogP contribution in [0.4, 0.5) is 11.4 Å². The van der Waals surface area contributed by atoms with E-state index >= 15 is 0 Å². The van der Waals surface area contributed by atoms with Crippen LogP contribution in [-0.2, 0) is 5.41 Å². The number of hydrogen-bond donors (Lipinski definition) is 0. The summed E-state index contributed by atoms with van der Waals surface area (Å²) in [5.41, 5.74) is 3.82. The van der Waals surface area contributed by atoms with Crippen LogP contribution in [0.5, 0.6) is 0 Å². The lowest BCUT2D eigenvalue weighted by molar-refractivity contribution is 0.553. The van der Waals surface area contributed by atoms with E-state index in [1.807, 2.05) is 6.07 Å². The van der Waals surface area contributed by atoms with Crippen molar-refractivity contribution in [3.05, 3.63) is 40.3 Å². The van der Waals surface area contributed by atoms with Gasteiger partial charge in [-0.1, -0.05) is 13.8 Å². The maximum Gasteiger partial charge on any atom is 0.140 e. The Balaban J connectivity index is 2.15. The Morgan fingerprint density at radius 2 is 2.22 bits per heavy atom. The van der Waals surface area contributed by atoms with Crippen molar-refractivity contribution in [1.82, 2.24) is 4.98 Å². The van der Waals surface area contributed by atoms with Crippen molar-refractivity contribution in [3.8, 4) is 6.07 Å². The lowest BCUT2D eigenvalue weighted by Gasteiger charge is -2.20. The molecule has 2 aromatic rings. The molecule has 0 fully saturated rings. The van der Waals surface area contributed by atoms with Gasteiger partial charge in [0.2, 0.25) is 0 Å². The van der Waals surface area contributed by atoms with Gasteiger partial charge in [0.1, 0.15) is 11.8 Å². The fourth-order valence-electron chi connectivity index (χ4n) is 2.43. The van der Waals surface area contributed by atoms with Crippen molar-refractivity contribution >= 4 is 22.7 Å². The number of rotatable bonds is 1. The highest BCUT2D eigenvalue weighted by molar-refractivity contribution is 7.08. The van der Waals surface area contributed by atoms with Gasteiger partial charge in [0, 0.05) is 17.3 Å². The molecule has 1 aliphatic heterocycles. The molecule has 0 saturated carbocycles. The average Bonchev–Trinajstić information content (AvgIpc) is 2.96. The molecular formula is C14H13N3S. The van der Waals surface area contributed by atoms with E-state index in [4.69, 9.17) is 5.26 Å². The molecule has 0 radical (unpaired) electrons. The van der Waals surface area contributed by atoms with Gasteiger partial charge in [-0.3, -0.25) is 0 Å². The highest BCUT2D eigenvalue weighted by atomic mass is 32.1. The van der Waals surface area contributed by atoms with Crippen LogP contribution >= 0.6 is 11.3 Å². The van der Waals surface area contributed by atoms with E-state index in [-0.39, 0.29) is 5.41 Å². The van der Waals surface area contributed by atoms with Crippen molar-refractivity contribution in [2.75, 3.05) is 11.4 Å². The van der Waals surface area contributed by atoms with Crippen molar-refractivity contribution < 1.29 is 0 Å². The van der Waals surface area contributed by atoms with E-state index in [1.54, 1.807) is 17.4 Å². The molecule has 90 valence electrons. The first kappa shape index (κ1) is 11.2. The monoisotopic (exact) mass is 255 g/mol. The van der Waals surface area contributed by atoms with Gasteiger partial charge in [0.05, 0.1) is 17.1 Å². The molecular weight excluding hydrogens is 242 g/mol. The van der Waals surface area contributed by atoms with Crippen LogP contribution < -0.4 is 4.90 Å². The molecule has 18 heavy (non-hydrogen) atoms. The van der Waals surface area contributed by atoms with E-state index in [9.17, 15) is 0 Å². The van der Waals surface area contributed by atoms with E-state index < -0.39 is 0 Å². The smallest absolute Gasteiger partial charge is 0.140 e. The van der Waals surface area contributed by atoms with Gasteiger partial charge >= 0.3 is 0 Å². The van der Waals surface area contributed by atoms with Gasteiger partial charge in [-0.2, -0.15) is 16.6 Å². The van der Waals surface area contributed by atoms with Gasteiger partial charge in [-0.25, -0.2) is 4.98 Å². The first-order chi connectivity index (χ1) is 8.62. The number of fused-ring (bicyclic) bond motifs is 1. The van der Waals surface area contributed by atoms with Crippen molar-refractivity contribution in [2.45, 2.75) is 19.3 Å².